The van der Waals surface area contributed by atoms with E-state index < -0.39 is 12.0 Å². The number of hydrogen-bond donors (Lipinski definition) is 1. The van der Waals surface area contributed by atoms with Gasteiger partial charge < -0.3 is 14.8 Å². The summed E-state index contributed by atoms with van der Waals surface area (Å²) < 4.78 is 14.5. The molecule has 0 radical (unpaired) electrons. The van der Waals surface area contributed by atoms with Crippen LogP contribution < -0.4 is 20.3 Å². The maximum absolute atomic E-state index is 12.9. The molecular weight excluding hydrogens is 346 g/mol. The molecular formula is C20H19N3O4. The molecule has 0 saturated heterocycles. The van der Waals surface area contributed by atoms with Crippen LogP contribution in [0.3, 0.4) is 0 Å². The fourth-order valence-corrected chi connectivity index (χ4v) is 3.06. The normalized spacial score (nSPS) is 15.4. The molecule has 27 heavy (non-hydrogen) atoms. The van der Waals surface area contributed by atoms with E-state index in [9.17, 15) is 9.59 Å². The van der Waals surface area contributed by atoms with Crippen LogP contribution in [0.25, 0.3) is 5.69 Å². The summed E-state index contributed by atoms with van der Waals surface area (Å²) in [4.78, 5) is 25.5. The van der Waals surface area contributed by atoms with Gasteiger partial charge in [0.05, 0.1) is 11.4 Å². The number of anilines is 1. The highest BCUT2D eigenvalue weighted by Crippen LogP contribution is 2.31. The summed E-state index contributed by atoms with van der Waals surface area (Å²) in [6.07, 6.45) is -0.830. The highest BCUT2D eigenvalue weighted by molar-refractivity contribution is 5.95. The number of aromatic nitrogens is 2. The lowest BCUT2D eigenvalue weighted by Crippen LogP contribution is -2.41. The zero-order chi connectivity index (χ0) is 19.0. The Morgan fingerprint density at radius 1 is 1.07 bits per heavy atom. The molecule has 0 aliphatic carbocycles. The third kappa shape index (κ3) is 2.97. The van der Waals surface area contributed by atoms with Gasteiger partial charge in [0, 0.05) is 7.05 Å². The number of fused-ring (bicyclic) bond motifs is 1. The Hall–Kier alpha value is -3.48. The van der Waals surface area contributed by atoms with E-state index >= 15 is 0 Å². The first kappa shape index (κ1) is 17.0. The number of nitrogens with zero attached hydrogens (tertiary/aromatic N) is 2. The second-order valence-corrected chi connectivity index (χ2v) is 6.29. The first-order valence-electron chi connectivity index (χ1n) is 8.59. The van der Waals surface area contributed by atoms with Gasteiger partial charge in [0.15, 0.2) is 11.5 Å². The molecule has 0 spiro atoms. The van der Waals surface area contributed by atoms with Crippen LogP contribution in [0.2, 0.25) is 0 Å². The van der Waals surface area contributed by atoms with Gasteiger partial charge in [-0.25, -0.2) is 4.68 Å². The number of rotatable bonds is 3. The molecule has 1 atom stereocenters. The fourth-order valence-electron chi connectivity index (χ4n) is 3.06. The van der Waals surface area contributed by atoms with Gasteiger partial charge >= 0.3 is 0 Å². The van der Waals surface area contributed by atoms with E-state index in [1.807, 2.05) is 42.5 Å². The van der Waals surface area contributed by atoms with E-state index in [1.54, 1.807) is 30.8 Å². The van der Waals surface area contributed by atoms with Crippen molar-refractivity contribution in [1.29, 1.82) is 0 Å². The van der Waals surface area contributed by atoms with Gasteiger partial charge in [0.2, 0.25) is 6.10 Å². The predicted molar refractivity (Wildman–Crippen MR) is 101 cm³/mol. The molecule has 4 rings (SSSR count). The Labute approximate surface area is 155 Å². The Morgan fingerprint density at radius 3 is 2.48 bits per heavy atom. The highest BCUT2D eigenvalue weighted by Gasteiger charge is 2.29. The summed E-state index contributed by atoms with van der Waals surface area (Å²) in [7, 11) is 1.77. The predicted octanol–water partition coefficient (Wildman–Crippen LogP) is 2.26. The molecule has 0 saturated carbocycles. The molecule has 0 unspecified atom stereocenters. The maximum Gasteiger partial charge on any atom is 0.295 e. The smallest absolute Gasteiger partial charge is 0.295 e. The first-order chi connectivity index (χ1) is 13.1. The third-order valence-corrected chi connectivity index (χ3v) is 4.60. The Kier molecular flexibility index (Phi) is 4.19. The number of amides is 1. The Balaban J connectivity index is 1.60. The Morgan fingerprint density at radius 2 is 1.74 bits per heavy atom. The Bertz CT molecular complexity index is 1050. The van der Waals surface area contributed by atoms with Gasteiger partial charge in [0.1, 0.15) is 12.3 Å². The van der Waals surface area contributed by atoms with Gasteiger partial charge in [0.25, 0.3) is 11.5 Å². The second kappa shape index (κ2) is 6.68. The van der Waals surface area contributed by atoms with Gasteiger partial charge in [-0.15, -0.1) is 0 Å². The summed E-state index contributed by atoms with van der Waals surface area (Å²) >= 11 is 0. The van der Waals surface area contributed by atoms with E-state index in [2.05, 4.69) is 5.32 Å². The van der Waals surface area contributed by atoms with Gasteiger partial charge in [-0.2, -0.15) is 0 Å². The zero-order valence-electron chi connectivity index (χ0n) is 15.0. The van der Waals surface area contributed by atoms with Crippen molar-refractivity contribution in [2.24, 2.45) is 7.05 Å². The summed E-state index contributed by atoms with van der Waals surface area (Å²) in [6, 6.07) is 16.4. The summed E-state index contributed by atoms with van der Waals surface area (Å²) in [6.45, 7) is 1.87. The monoisotopic (exact) mass is 365 g/mol. The summed E-state index contributed by atoms with van der Waals surface area (Å²) in [5.74, 6) is 0.690. The van der Waals surface area contributed by atoms with Crippen LogP contribution in [0.5, 0.6) is 11.5 Å². The molecule has 2 aromatic carbocycles. The lowest BCUT2D eigenvalue weighted by Gasteiger charge is -2.25. The lowest BCUT2D eigenvalue weighted by atomic mass is 10.2. The third-order valence-electron chi connectivity index (χ3n) is 4.60. The van der Waals surface area contributed by atoms with Crippen molar-refractivity contribution in [1.82, 2.24) is 9.36 Å². The molecule has 1 aromatic heterocycles. The molecule has 7 nitrogen and oxygen atoms in total. The standard InChI is InChI=1S/C20H19N3O4/c1-13-18(20(25)23(22(13)2)14-8-4-3-5-9-14)21-19(24)17-12-26-15-10-6-7-11-16(15)27-17/h3-11,17H,12H2,1-2H3,(H,21,24)/t17-/m0/s1. The second-order valence-electron chi connectivity index (χ2n) is 6.29. The average Bonchev–Trinajstić information content (AvgIpc) is 2.91. The largest absolute Gasteiger partial charge is 0.485 e. The SMILES string of the molecule is Cc1c(NC(=O)[C@@H]2COc3ccccc3O2)c(=O)n(-c2ccccc2)n1C. The number of ether oxygens (including phenoxy) is 2. The number of hydrogen-bond acceptors (Lipinski definition) is 4. The molecule has 3 aromatic rings. The molecule has 7 heteroatoms. The first-order valence-corrected chi connectivity index (χ1v) is 8.59. The molecule has 0 bridgehead atoms. The highest BCUT2D eigenvalue weighted by atomic mass is 16.6. The van der Waals surface area contributed by atoms with Crippen molar-refractivity contribution in [3.8, 4) is 17.2 Å². The number of para-hydroxylation sites is 3. The van der Waals surface area contributed by atoms with E-state index in [0.717, 1.165) is 5.69 Å². The van der Waals surface area contributed by atoms with E-state index in [4.69, 9.17) is 9.47 Å². The van der Waals surface area contributed by atoms with Crippen LogP contribution in [0.1, 0.15) is 5.69 Å². The van der Waals surface area contributed by atoms with Crippen LogP contribution in [-0.4, -0.2) is 28.0 Å². The van der Waals surface area contributed by atoms with Crippen molar-refractivity contribution in [3.63, 3.8) is 0 Å². The van der Waals surface area contributed by atoms with Gasteiger partial charge in [-0.1, -0.05) is 30.3 Å². The van der Waals surface area contributed by atoms with Gasteiger partial charge in [-0.05, 0) is 31.2 Å². The van der Waals surface area contributed by atoms with Crippen molar-refractivity contribution >= 4 is 11.6 Å². The zero-order valence-corrected chi connectivity index (χ0v) is 15.0. The van der Waals surface area contributed by atoms with Crippen molar-refractivity contribution in [2.45, 2.75) is 13.0 Å². The minimum atomic E-state index is -0.830. The van der Waals surface area contributed by atoms with E-state index in [0.29, 0.717) is 17.2 Å². The minimum absolute atomic E-state index is 0.0849. The molecule has 2 heterocycles. The van der Waals surface area contributed by atoms with Crippen molar-refractivity contribution in [2.75, 3.05) is 11.9 Å². The lowest BCUT2D eigenvalue weighted by molar-refractivity contribution is -0.125. The van der Waals surface area contributed by atoms with Crippen molar-refractivity contribution < 1.29 is 14.3 Å². The molecule has 138 valence electrons. The maximum atomic E-state index is 12.9. The van der Waals surface area contributed by atoms with Crippen LogP contribution in [0.4, 0.5) is 5.69 Å². The summed E-state index contributed by atoms with van der Waals surface area (Å²) in [5.41, 5.74) is 1.30. The van der Waals surface area contributed by atoms with Crippen LogP contribution in [0.15, 0.2) is 59.4 Å². The molecule has 1 aliphatic heterocycles. The van der Waals surface area contributed by atoms with E-state index in [1.165, 1.54) is 4.68 Å². The topological polar surface area (TPSA) is 74.5 Å². The molecule has 1 amide bonds. The molecule has 1 aliphatic rings. The van der Waals surface area contributed by atoms with Crippen LogP contribution in [-0.2, 0) is 11.8 Å². The number of carbonyl (C=O) groups is 1. The molecule has 0 fully saturated rings. The minimum Gasteiger partial charge on any atom is -0.485 e. The van der Waals surface area contributed by atoms with Crippen LogP contribution >= 0.6 is 0 Å². The fraction of sp³-hybridized carbons (Fsp3) is 0.200. The average molecular weight is 365 g/mol. The molecule has 1 N–H and O–H groups in total. The van der Waals surface area contributed by atoms with Crippen molar-refractivity contribution in [3.05, 3.63) is 70.6 Å². The number of carbonyl (C=O) groups excluding carboxylic acids is 1. The summed E-state index contributed by atoms with van der Waals surface area (Å²) in [5, 5.41) is 2.71. The number of benzene rings is 2. The quantitative estimate of drug-likeness (QED) is 0.773. The van der Waals surface area contributed by atoms with Gasteiger partial charge in [-0.3, -0.25) is 14.3 Å². The number of nitrogens with one attached hydrogen (secondary N) is 1. The van der Waals surface area contributed by atoms with Crippen LogP contribution in [0, 0.1) is 6.92 Å². The van der Waals surface area contributed by atoms with E-state index in [-0.39, 0.29) is 17.9 Å².